The molecule has 5 heteroatoms. The highest BCUT2D eigenvalue weighted by Gasteiger charge is 2.47. The number of pyridine rings is 1. The van der Waals surface area contributed by atoms with Gasteiger partial charge in [0, 0.05) is 35.1 Å². The molecule has 0 amide bonds. The van der Waals surface area contributed by atoms with Gasteiger partial charge in [-0.05, 0) is 55.0 Å². The summed E-state index contributed by atoms with van der Waals surface area (Å²) in [6.45, 7) is 0. The van der Waals surface area contributed by atoms with Crippen molar-refractivity contribution in [2.45, 2.75) is 37.2 Å². The molecule has 0 unspecified atom stereocenters. The Kier molecular flexibility index (Phi) is 4.42. The summed E-state index contributed by atoms with van der Waals surface area (Å²) in [6, 6.07) is 23.0. The van der Waals surface area contributed by atoms with Crippen molar-refractivity contribution in [1.82, 2.24) is 15.2 Å². The van der Waals surface area contributed by atoms with Crippen LogP contribution in [0.5, 0.6) is 0 Å². The zero-order valence-corrected chi connectivity index (χ0v) is 17.6. The maximum absolute atomic E-state index is 12.3. The first kappa shape index (κ1) is 19.0. The number of ether oxygens (including phenoxy) is 1. The van der Waals surface area contributed by atoms with Gasteiger partial charge in [0.2, 0.25) is 0 Å². The Morgan fingerprint density at radius 1 is 0.906 bits per heavy atom. The van der Waals surface area contributed by atoms with Crippen LogP contribution in [-0.2, 0) is 10.3 Å². The van der Waals surface area contributed by atoms with Crippen molar-refractivity contribution in [1.29, 1.82) is 0 Å². The largest absolute Gasteiger partial charge is 0.451 e. The quantitative estimate of drug-likeness (QED) is 0.421. The molecule has 1 fully saturated rings. The van der Waals surface area contributed by atoms with Crippen LogP contribution in [0, 0.1) is 0 Å². The van der Waals surface area contributed by atoms with Gasteiger partial charge in [0.15, 0.2) is 0 Å². The summed E-state index contributed by atoms with van der Waals surface area (Å²) in [5, 5.41) is 7.89. The van der Waals surface area contributed by atoms with E-state index in [4.69, 9.17) is 4.74 Å². The van der Waals surface area contributed by atoms with Crippen LogP contribution >= 0.6 is 0 Å². The molecule has 1 aliphatic heterocycles. The number of nitrogens with zero attached hydrogens (tertiary/aromatic N) is 2. The lowest BCUT2D eigenvalue weighted by Crippen LogP contribution is -2.31. The highest BCUT2D eigenvalue weighted by Crippen LogP contribution is 2.49. The summed E-state index contributed by atoms with van der Waals surface area (Å²) in [5.74, 6) is 0.137. The summed E-state index contributed by atoms with van der Waals surface area (Å²) in [5.41, 5.74) is 6.73. The third kappa shape index (κ3) is 3.12. The van der Waals surface area contributed by atoms with Gasteiger partial charge in [-0.3, -0.25) is 10.1 Å². The van der Waals surface area contributed by atoms with Crippen molar-refractivity contribution in [3.05, 3.63) is 95.9 Å². The first-order valence-corrected chi connectivity index (χ1v) is 11.1. The van der Waals surface area contributed by atoms with Crippen molar-refractivity contribution in [3.63, 3.8) is 0 Å². The predicted octanol–water partition coefficient (Wildman–Crippen LogP) is 5.86. The SMILES string of the molecule is O=C1O[C@]2(CC[C@H](c3cc(-c4cccc(-c5ccccc5)c4)n[nH]3)CC2)c2ccncc21. The fraction of sp³-hybridized carbons (Fsp3) is 0.222. The Morgan fingerprint density at radius 2 is 1.69 bits per heavy atom. The fourth-order valence-corrected chi connectivity index (χ4v) is 5.19. The second-order valence-corrected chi connectivity index (χ2v) is 8.73. The number of hydrogen-bond donors (Lipinski definition) is 1. The molecule has 2 aromatic carbocycles. The van der Waals surface area contributed by atoms with Gasteiger partial charge in [-0.2, -0.15) is 5.10 Å². The van der Waals surface area contributed by atoms with Gasteiger partial charge in [-0.1, -0.05) is 48.5 Å². The molecular weight excluding hydrogens is 398 g/mol. The number of aromatic nitrogens is 3. The average molecular weight is 422 g/mol. The number of H-pyrrole nitrogens is 1. The molecule has 1 aliphatic carbocycles. The maximum atomic E-state index is 12.3. The molecule has 0 bridgehead atoms. The zero-order chi connectivity index (χ0) is 21.5. The van der Waals surface area contributed by atoms with Gasteiger partial charge in [-0.25, -0.2) is 4.79 Å². The number of benzene rings is 2. The molecule has 1 N–H and O–H groups in total. The van der Waals surface area contributed by atoms with E-state index < -0.39 is 5.60 Å². The van der Waals surface area contributed by atoms with Crippen LogP contribution in [0.25, 0.3) is 22.4 Å². The molecule has 2 aliphatic rings. The van der Waals surface area contributed by atoms with E-state index in [0.717, 1.165) is 48.2 Å². The van der Waals surface area contributed by atoms with Crippen LogP contribution in [0.15, 0.2) is 79.1 Å². The van der Waals surface area contributed by atoms with E-state index in [2.05, 4.69) is 69.8 Å². The minimum Gasteiger partial charge on any atom is -0.451 e. The highest BCUT2D eigenvalue weighted by atomic mass is 16.6. The molecule has 1 spiro atoms. The number of esters is 1. The minimum absolute atomic E-state index is 0.242. The van der Waals surface area contributed by atoms with Gasteiger partial charge in [0.25, 0.3) is 0 Å². The lowest BCUT2D eigenvalue weighted by molar-refractivity contribution is -0.0311. The Hall–Kier alpha value is -3.73. The van der Waals surface area contributed by atoms with Crippen molar-refractivity contribution in [3.8, 4) is 22.4 Å². The van der Waals surface area contributed by atoms with E-state index in [1.54, 1.807) is 12.4 Å². The molecule has 0 saturated heterocycles. The monoisotopic (exact) mass is 421 g/mol. The number of fused-ring (bicyclic) bond motifs is 2. The number of rotatable bonds is 3. The van der Waals surface area contributed by atoms with E-state index in [-0.39, 0.29) is 5.97 Å². The molecular formula is C27H23N3O2. The number of hydrogen-bond acceptors (Lipinski definition) is 4. The Morgan fingerprint density at radius 3 is 2.53 bits per heavy atom. The topological polar surface area (TPSA) is 67.9 Å². The molecule has 158 valence electrons. The first-order chi connectivity index (χ1) is 15.7. The molecule has 6 rings (SSSR count). The zero-order valence-electron chi connectivity index (χ0n) is 17.6. The van der Waals surface area contributed by atoms with Gasteiger partial charge in [0.05, 0.1) is 11.3 Å². The van der Waals surface area contributed by atoms with Crippen molar-refractivity contribution in [2.24, 2.45) is 0 Å². The van der Waals surface area contributed by atoms with Gasteiger partial charge < -0.3 is 4.74 Å². The number of aromatic amines is 1. The summed E-state index contributed by atoms with van der Waals surface area (Å²) in [4.78, 5) is 16.4. The van der Waals surface area contributed by atoms with E-state index >= 15 is 0 Å². The van der Waals surface area contributed by atoms with Crippen LogP contribution in [0.2, 0.25) is 0 Å². The summed E-state index contributed by atoms with van der Waals surface area (Å²) >= 11 is 0. The molecule has 4 aromatic rings. The smallest absolute Gasteiger partial charge is 0.341 e. The standard InChI is InChI=1S/C27H23N3O2/c31-26-22-17-28-14-11-23(22)27(32-26)12-9-19(10-13-27)24-16-25(30-29-24)21-8-4-7-20(15-21)18-5-2-1-3-6-18/h1-8,11,14-17,19H,9-10,12-13H2,(H,29,30)/t19-,27-. The summed E-state index contributed by atoms with van der Waals surface area (Å²) < 4.78 is 5.87. The van der Waals surface area contributed by atoms with Crippen molar-refractivity contribution in [2.75, 3.05) is 0 Å². The third-order valence-electron chi connectivity index (χ3n) is 6.92. The summed E-state index contributed by atoms with van der Waals surface area (Å²) in [6.07, 6.45) is 6.90. The van der Waals surface area contributed by atoms with Crippen LogP contribution < -0.4 is 0 Å². The minimum atomic E-state index is -0.487. The second-order valence-electron chi connectivity index (χ2n) is 8.73. The molecule has 0 atom stereocenters. The Balaban J connectivity index is 1.21. The predicted molar refractivity (Wildman–Crippen MR) is 122 cm³/mol. The lowest BCUT2D eigenvalue weighted by atomic mass is 9.74. The Bertz CT molecular complexity index is 1290. The van der Waals surface area contributed by atoms with E-state index in [9.17, 15) is 4.79 Å². The van der Waals surface area contributed by atoms with Gasteiger partial charge in [-0.15, -0.1) is 0 Å². The fourth-order valence-electron chi connectivity index (χ4n) is 5.19. The van der Waals surface area contributed by atoms with E-state index in [1.165, 1.54) is 11.1 Å². The first-order valence-electron chi connectivity index (χ1n) is 11.1. The molecule has 2 aromatic heterocycles. The van der Waals surface area contributed by atoms with Gasteiger partial charge >= 0.3 is 5.97 Å². The van der Waals surface area contributed by atoms with Crippen molar-refractivity contribution < 1.29 is 9.53 Å². The maximum Gasteiger partial charge on any atom is 0.341 e. The number of carbonyl (C=O) groups is 1. The summed E-state index contributed by atoms with van der Waals surface area (Å²) in [7, 11) is 0. The van der Waals surface area contributed by atoms with Crippen molar-refractivity contribution >= 4 is 5.97 Å². The molecule has 1 saturated carbocycles. The van der Waals surface area contributed by atoms with Crippen LogP contribution in [0.1, 0.15) is 53.2 Å². The second kappa shape index (κ2) is 7.45. The lowest BCUT2D eigenvalue weighted by Gasteiger charge is -2.36. The van der Waals surface area contributed by atoms with Gasteiger partial charge in [0.1, 0.15) is 5.60 Å². The molecule has 5 nitrogen and oxygen atoms in total. The van der Waals surface area contributed by atoms with Crippen LogP contribution in [-0.4, -0.2) is 21.2 Å². The molecule has 0 radical (unpaired) electrons. The van der Waals surface area contributed by atoms with E-state index in [0.29, 0.717) is 11.5 Å². The third-order valence-corrected chi connectivity index (χ3v) is 6.92. The van der Waals surface area contributed by atoms with Crippen LogP contribution in [0.3, 0.4) is 0 Å². The average Bonchev–Trinajstić information content (AvgIpc) is 3.45. The molecule has 32 heavy (non-hydrogen) atoms. The van der Waals surface area contributed by atoms with Crippen LogP contribution in [0.4, 0.5) is 0 Å². The van der Waals surface area contributed by atoms with E-state index in [1.807, 2.05) is 12.1 Å². The highest BCUT2D eigenvalue weighted by molar-refractivity contribution is 5.94. The Labute approximate surface area is 186 Å². The number of carbonyl (C=O) groups excluding carboxylic acids is 1. The normalized spacial score (nSPS) is 22.0. The molecule has 3 heterocycles. The number of nitrogens with one attached hydrogen (secondary N) is 1.